The number of hydrogen-bond donors (Lipinski definition) is 2. The molecule has 0 bridgehead atoms. The number of anilines is 1. The highest BCUT2D eigenvalue weighted by Gasteiger charge is 2.34. The maximum absolute atomic E-state index is 12.7. The summed E-state index contributed by atoms with van der Waals surface area (Å²) < 4.78 is 0. The number of aliphatic imine (C=N–C) groups is 1. The Kier molecular flexibility index (Phi) is 5.18. The number of Topliss-reactive ketones (excluding diaryl/α,β-unsaturated/α-hetero) is 1. The van der Waals surface area contributed by atoms with Crippen LogP contribution in [0, 0.1) is 5.41 Å². The molecule has 0 atom stereocenters. The van der Waals surface area contributed by atoms with Crippen LogP contribution >= 0.6 is 0 Å². The Labute approximate surface area is 164 Å². The van der Waals surface area contributed by atoms with Gasteiger partial charge in [-0.25, -0.2) is 0 Å². The number of nitrogens with zero attached hydrogens (tertiary/aromatic N) is 1. The summed E-state index contributed by atoms with van der Waals surface area (Å²) >= 11 is 0. The third-order valence-corrected chi connectivity index (χ3v) is 4.83. The molecule has 0 fully saturated rings. The van der Waals surface area contributed by atoms with Crippen LogP contribution in [0.3, 0.4) is 0 Å². The molecular formula is C23H24N2O3. The molecule has 0 saturated carbocycles. The van der Waals surface area contributed by atoms with Gasteiger partial charge in [0.2, 0.25) is 0 Å². The molecule has 0 aromatic heterocycles. The summed E-state index contributed by atoms with van der Waals surface area (Å²) in [5.74, 6) is -0.213. The van der Waals surface area contributed by atoms with Crippen molar-refractivity contribution in [1.29, 1.82) is 0 Å². The van der Waals surface area contributed by atoms with E-state index in [0.717, 1.165) is 0 Å². The molecule has 144 valence electrons. The number of nitrogens with two attached hydrogens (primary N) is 1. The fourth-order valence-corrected chi connectivity index (χ4v) is 3.47. The normalized spacial score (nSPS) is 17.0. The number of allylic oxidation sites excluding steroid dienone is 2. The monoisotopic (exact) mass is 376 g/mol. The third kappa shape index (κ3) is 4.03. The third-order valence-electron chi connectivity index (χ3n) is 4.83. The quantitative estimate of drug-likeness (QED) is 0.456. The number of hydrogen-bond acceptors (Lipinski definition) is 5. The summed E-state index contributed by atoms with van der Waals surface area (Å²) in [4.78, 5) is 29.7. The van der Waals surface area contributed by atoms with Gasteiger partial charge in [0.05, 0.1) is 22.7 Å². The van der Waals surface area contributed by atoms with Crippen molar-refractivity contribution < 1.29 is 14.7 Å². The second kappa shape index (κ2) is 7.43. The summed E-state index contributed by atoms with van der Waals surface area (Å²) in [5, 5.41) is 10.4. The lowest BCUT2D eigenvalue weighted by molar-refractivity contribution is -0.117. The van der Waals surface area contributed by atoms with Crippen LogP contribution in [0.2, 0.25) is 0 Å². The molecule has 0 spiro atoms. The lowest BCUT2D eigenvalue weighted by Gasteiger charge is -2.29. The first kappa shape index (κ1) is 19.5. The first-order valence-corrected chi connectivity index (χ1v) is 9.18. The van der Waals surface area contributed by atoms with Crippen molar-refractivity contribution in [3.05, 3.63) is 71.0 Å². The van der Waals surface area contributed by atoms with Crippen molar-refractivity contribution in [3.8, 4) is 0 Å². The van der Waals surface area contributed by atoms with E-state index in [0.29, 0.717) is 41.1 Å². The van der Waals surface area contributed by atoms with Crippen LogP contribution in [0.1, 0.15) is 49.5 Å². The molecule has 0 heterocycles. The van der Waals surface area contributed by atoms with E-state index in [1.807, 2.05) is 19.9 Å². The van der Waals surface area contributed by atoms with Gasteiger partial charge in [-0.3, -0.25) is 14.6 Å². The SMILES string of the molecule is CC(=Nc1cc(C(=O)c2ccccc2)ccc1N)C1=C(O)CC(C)(C)CC1=O. The molecule has 2 aromatic rings. The van der Waals surface area contributed by atoms with Gasteiger partial charge in [-0.1, -0.05) is 44.2 Å². The van der Waals surface area contributed by atoms with Gasteiger partial charge in [-0.05, 0) is 30.5 Å². The lowest BCUT2D eigenvalue weighted by atomic mass is 9.76. The fraction of sp³-hybridized carbons (Fsp3) is 0.261. The fourth-order valence-electron chi connectivity index (χ4n) is 3.47. The maximum atomic E-state index is 12.7. The highest BCUT2D eigenvalue weighted by atomic mass is 16.3. The highest BCUT2D eigenvalue weighted by Crippen LogP contribution is 2.36. The first-order valence-electron chi connectivity index (χ1n) is 9.18. The van der Waals surface area contributed by atoms with Crippen LogP contribution < -0.4 is 5.73 Å². The number of aliphatic hydroxyl groups excluding tert-OH is 1. The van der Waals surface area contributed by atoms with Crippen molar-refractivity contribution in [3.63, 3.8) is 0 Å². The van der Waals surface area contributed by atoms with Gasteiger partial charge in [-0.2, -0.15) is 0 Å². The number of nitrogen functional groups attached to an aromatic ring is 1. The molecule has 5 nitrogen and oxygen atoms in total. The second-order valence-corrected chi connectivity index (χ2v) is 7.93. The van der Waals surface area contributed by atoms with Crippen LogP contribution in [0.25, 0.3) is 0 Å². The average Bonchev–Trinajstić information content (AvgIpc) is 2.62. The topological polar surface area (TPSA) is 92.8 Å². The molecule has 28 heavy (non-hydrogen) atoms. The number of benzene rings is 2. The van der Waals surface area contributed by atoms with E-state index in [4.69, 9.17) is 5.73 Å². The smallest absolute Gasteiger partial charge is 0.193 e. The zero-order chi connectivity index (χ0) is 20.5. The predicted octanol–water partition coefficient (Wildman–Crippen LogP) is 4.79. The molecule has 0 unspecified atom stereocenters. The van der Waals surface area contributed by atoms with E-state index in [-0.39, 0.29) is 28.3 Å². The molecule has 5 heteroatoms. The van der Waals surface area contributed by atoms with Gasteiger partial charge in [-0.15, -0.1) is 0 Å². The minimum Gasteiger partial charge on any atom is -0.511 e. The first-order chi connectivity index (χ1) is 13.2. The largest absolute Gasteiger partial charge is 0.511 e. The van der Waals surface area contributed by atoms with Crippen LogP contribution in [0.15, 0.2) is 64.9 Å². The average molecular weight is 376 g/mol. The Balaban J connectivity index is 1.98. The van der Waals surface area contributed by atoms with Gasteiger partial charge in [0.15, 0.2) is 11.6 Å². The van der Waals surface area contributed by atoms with Gasteiger partial charge in [0.25, 0.3) is 0 Å². The predicted molar refractivity (Wildman–Crippen MR) is 111 cm³/mol. The van der Waals surface area contributed by atoms with E-state index in [1.165, 1.54) is 0 Å². The van der Waals surface area contributed by atoms with Crippen molar-refractivity contribution in [1.82, 2.24) is 0 Å². The standard InChI is InChI=1S/C23H24N2O3/c1-14(21-19(26)12-23(2,3)13-20(21)27)25-18-11-16(9-10-17(18)24)22(28)15-7-5-4-6-8-15/h4-11,26H,12-13,24H2,1-3H3. The molecule has 0 amide bonds. The van der Waals surface area contributed by atoms with Crippen molar-refractivity contribution in [2.75, 3.05) is 5.73 Å². The summed E-state index contributed by atoms with van der Waals surface area (Å²) in [6, 6.07) is 13.9. The molecule has 3 rings (SSSR count). The Bertz CT molecular complexity index is 1000. The molecule has 0 radical (unpaired) electrons. The molecule has 1 aliphatic carbocycles. The minimum atomic E-state index is -0.272. The van der Waals surface area contributed by atoms with Crippen LogP contribution in [-0.4, -0.2) is 22.4 Å². The van der Waals surface area contributed by atoms with E-state index >= 15 is 0 Å². The van der Waals surface area contributed by atoms with Gasteiger partial charge in [0, 0.05) is 24.0 Å². The number of carbonyl (C=O) groups excluding carboxylic acids is 2. The molecular weight excluding hydrogens is 352 g/mol. The number of carbonyl (C=O) groups is 2. The summed E-state index contributed by atoms with van der Waals surface area (Å²) in [6.07, 6.45) is 0.768. The van der Waals surface area contributed by atoms with Crippen LogP contribution in [0.5, 0.6) is 0 Å². The van der Waals surface area contributed by atoms with E-state index < -0.39 is 0 Å². The van der Waals surface area contributed by atoms with Crippen molar-refractivity contribution >= 4 is 28.7 Å². The van der Waals surface area contributed by atoms with Gasteiger partial charge >= 0.3 is 0 Å². The summed E-state index contributed by atoms with van der Waals surface area (Å²) in [7, 11) is 0. The Hall–Kier alpha value is -3.21. The van der Waals surface area contributed by atoms with Crippen LogP contribution in [-0.2, 0) is 4.79 Å². The van der Waals surface area contributed by atoms with Crippen LogP contribution in [0.4, 0.5) is 11.4 Å². The van der Waals surface area contributed by atoms with Crippen molar-refractivity contribution in [2.24, 2.45) is 10.4 Å². The summed E-state index contributed by atoms with van der Waals surface area (Å²) in [5.41, 5.74) is 8.24. The summed E-state index contributed by atoms with van der Waals surface area (Å²) in [6.45, 7) is 5.56. The van der Waals surface area contributed by atoms with Gasteiger partial charge in [0.1, 0.15) is 5.76 Å². The molecule has 3 N–H and O–H groups in total. The Morgan fingerprint density at radius 1 is 1.07 bits per heavy atom. The maximum Gasteiger partial charge on any atom is 0.193 e. The zero-order valence-corrected chi connectivity index (χ0v) is 16.3. The minimum absolute atomic E-state index is 0.0533. The Morgan fingerprint density at radius 3 is 2.39 bits per heavy atom. The Morgan fingerprint density at radius 2 is 1.75 bits per heavy atom. The van der Waals surface area contributed by atoms with Crippen molar-refractivity contribution in [2.45, 2.75) is 33.6 Å². The number of aliphatic hydroxyl groups is 1. The van der Waals surface area contributed by atoms with E-state index in [2.05, 4.69) is 4.99 Å². The number of ketones is 2. The highest BCUT2D eigenvalue weighted by molar-refractivity contribution is 6.23. The van der Waals surface area contributed by atoms with E-state index in [9.17, 15) is 14.7 Å². The second-order valence-electron chi connectivity index (χ2n) is 7.93. The molecule has 0 aliphatic heterocycles. The molecule has 0 saturated heterocycles. The lowest BCUT2D eigenvalue weighted by Crippen LogP contribution is -2.28. The number of rotatable bonds is 4. The molecule has 2 aromatic carbocycles. The molecule has 1 aliphatic rings. The van der Waals surface area contributed by atoms with E-state index in [1.54, 1.807) is 49.4 Å². The van der Waals surface area contributed by atoms with Gasteiger partial charge < -0.3 is 10.8 Å². The zero-order valence-electron chi connectivity index (χ0n) is 16.3.